The van der Waals surface area contributed by atoms with Crippen molar-refractivity contribution in [2.45, 2.75) is 6.92 Å². The molecule has 0 saturated carbocycles. The van der Waals surface area contributed by atoms with Crippen LogP contribution in [0.1, 0.15) is 16.4 Å². The lowest BCUT2D eigenvalue weighted by Gasteiger charge is -1.99. The number of aryl methyl sites for hydroxylation is 2. The van der Waals surface area contributed by atoms with E-state index in [-0.39, 0.29) is 5.82 Å². The molecule has 0 N–H and O–H groups in total. The normalized spacial score (nSPS) is 11.4. The van der Waals surface area contributed by atoms with Crippen LogP contribution < -0.4 is 0 Å². The topological polar surface area (TPSA) is 43.6 Å². The van der Waals surface area contributed by atoms with Gasteiger partial charge in [0.05, 0.1) is 5.69 Å². The van der Waals surface area contributed by atoms with Crippen LogP contribution in [0.3, 0.4) is 0 Å². The third kappa shape index (κ3) is 2.90. The summed E-state index contributed by atoms with van der Waals surface area (Å²) < 4.78 is 14.7. The SMILES string of the molecule is Cc1csc(/C=C/c2c(-c3ccc(F)cc3)nnn2C)n1. The van der Waals surface area contributed by atoms with Gasteiger partial charge < -0.3 is 0 Å². The molecule has 0 aliphatic rings. The van der Waals surface area contributed by atoms with Crippen LogP contribution in [0.4, 0.5) is 4.39 Å². The third-order valence-electron chi connectivity index (χ3n) is 3.01. The zero-order valence-electron chi connectivity index (χ0n) is 11.6. The zero-order valence-corrected chi connectivity index (χ0v) is 12.4. The molecule has 0 atom stereocenters. The van der Waals surface area contributed by atoms with E-state index in [4.69, 9.17) is 0 Å². The molecule has 6 heteroatoms. The molecule has 0 unspecified atom stereocenters. The summed E-state index contributed by atoms with van der Waals surface area (Å²) in [4.78, 5) is 4.39. The summed E-state index contributed by atoms with van der Waals surface area (Å²) in [5.41, 5.74) is 3.41. The van der Waals surface area contributed by atoms with E-state index in [1.165, 1.54) is 12.1 Å². The van der Waals surface area contributed by atoms with Gasteiger partial charge in [0, 0.05) is 23.7 Å². The molecule has 106 valence electrons. The standard InChI is InChI=1S/C15H13FN4S/c1-10-9-21-14(17-10)8-7-13-15(18-19-20(13)2)11-3-5-12(16)6-4-11/h3-9H,1-2H3/b8-7+. The highest BCUT2D eigenvalue weighted by molar-refractivity contribution is 7.10. The van der Waals surface area contributed by atoms with Gasteiger partial charge in [0.25, 0.3) is 0 Å². The first-order chi connectivity index (χ1) is 10.1. The van der Waals surface area contributed by atoms with E-state index < -0.39 is 0 Å². The van der Waals surface area contributed by atoms with Crippen LogP contribution in [-0.4, -0.2) is 20.0 Å². The average molecular weight is 300 g/mol. The number of benzene rings is 1. The lowest BCUT2D eigenvalue weighted by atomic mass is 10.1. The predicted octanol–water partition coefficient (Wildman–Crippen LogP) is 3.56. The lowest BCUT2D eigenvalue weighted by Crippen LogP contribution is -1.93. The number of nitrogens with zero attached hydrogens (tertiary/aromatic N) is 4. The van der Waals surface area contributed by atoms with Crippen molar-refractivity contribution in [1.29, 1.82) is 0 Å². The largest absolute Gasteiger partial charge is 0.248 e. The monoisotopic (exact) mass is 300 g/mol. The first kappa shape index (κ1) is 13.6. The molecule has 0 aliphatic heterocycles. The maximum atomic E-state index is 13.0. The number of hydrogen-bond acceptors (Lipinski definition) is 4. The molecule has 0 saturated heterocycles. The molecule has 0 amide bonds. The van der Waals surface area contributed by atoms with Gasteiger partial charge in [0.2, 0.25) is 0 Å². The molecule has 3 aromatic rings. The van der Waals surface area contributed by atoms with Gasteiger partial charge >= 0.3 is 0 Å². The molecule has 0 bridgehead atoms. The Morgan fingerprint density at radius 1 is 1.19 bits per heavy atom. The van der Waals surface area contributed by atoms with Crippen molar-refractivity contribution in [3.8, 4) is 11.3 Å². The number of hydrogen-bond donors (Lipinski definition) is 0. The molecule has 2 heterocycles. The first-order valence-electron chi connectivity index (χ1n) is 6.39. The summed E-state index contributed by atoms with van der Waals surface area (Å²) in [5, 5.41) is 11.1. The molecule has 0 fully saturated rings. The molecule has 0 spiro atoms. The van der Waals surface area contributed by atoms with E-state index >= 15 is 0 Å². The summed E-state index contributed by atoms with van der Waals surface area (Å²) in [7, 11) is 1.83. The molecule has 2 aromatic heterocycles. The second-order valence-corrected chi connectivity index (χ2v) is 5.50. The van der Waals surface area contributed by atoms with E-state index in [9.17, 15) is 4.39 Å². The van der Waals surface area contributed by atoms with Crippen LogP contribution in [0.15, 0.2) is 29.6 Å². The Kier molecular flexibility index (Phi) is 3.62. The Hall–Kier alpha value is -2.34. The van der Waals surface area contributed by atoms with Crippen LogP contribution in [0.5, 0.6) is 0 Å². The number of halogens is 1. The maximum Gasteiger partial charge on any atom is 0.123 e. The second-order valence-electron chi connectivity index (χ2n) is 4.61. The van der Waals surface area contributed by atoms with E-state index in [0.717, 1.165) is 27.7 Å². The van der Waals surface area contributed by atoms with Crippen molar-refractivity contribution in [2.75, 3.05) is 0 Å². The minimum absolute atomic E-state index is 0.266. The number of rotatable bonds is 3. The molecule has 0 radical (unpaired) electrons. The van der Waals surface area contributed by atoms with Crippen molar-refractivity contribution >= 4 is 23.5 Å². The van der Waals surface area contributed by atoms with Gasteiger partial charge in [-0.25, -0.2) is 14.1 Å². The van der Waals surface area contributed by atoms with Crippen molar-refractivity contribution in [3.05, 3.63) is 51.9 Å². The Morgan fingerprint density at radius 2 is 1.95 bits per heavy atom. The van der Waals surface area contributed by atoms with Crippen molar-refractivity contribution < 1.29 is 4.39 Å². The highest BCUT2D eigenvalue weighted by Gasteiger charge is 2.10. The number of thiazole rings is 1. The van der Waals surface area contributed by atoms with Crippen molar-refractivity contribution in [1.82, 2.24) is 20.0 Å². The highest BCUT2D eigenvalue weighted by atomic mass is 32.1. The zero-order chi connectivity index (χ0) is 14.8. The first-order valence-corrected chi connectivity index (χ1v) is 7.27. The maximum absolute atomic E-state index is 13.0. The summed E-state index contributed by atoms with van der Waals surface area (Å²) >= 11 is 1.58. The summed E-state index contributed by atoms with van der Waals surface area (Å²) in [6.45, 7) is 1.96. The van der Waals surface area contributed by atoms with Crippen molar-refractivity contribution in [2.24, 2.45) is 7.05 Å². The molecular weight excluding hydrogens is 287 g/mol. The fraction of sp³-hybridized carbons (Fsp3) is 0.133. The van der Waals surface area contributed by atoms with Crippen LogP contribution in [-0.2, 0) is 7.05 Å². The van der Waals surface area contributed by atoms with Gasteiger partial charge in [-0.3, -0.25) is 0 Å². The quantitative estimate of drug-likeness (QED) is 0.743. The Bertz CT molecular complexity index is 786. The van der Waals surface area contributed by atoms with Gasteiger partial charge in [0.1, 0.15) is 16.5 Å². The highest BCUT2D eigenvalue weighted by Crippen LogP contribution is 2.23. The Balaban J connectivity index is 1.97. The Morgan fingerprint density at radius 3 is 2.62 bits per heavy atom. The lowest BCUT2D eigenvalue weighted by molar-refractivity contribution is 0.628. The fourth-order valence-electron chi connectivity index (χ4n) is 1.96. The molecule has 3 rings (SSSR count). The summed E-state index contributed by atoms with van der Waals surface area (Å²) in [6, 6.07) is 6.23. The van der Waals surface area contributed by atoms with Crippen LogP contribution in [0.2, 0.25) is 0 Å². The smallest absolute Gasteiger partial charge is 0.123 e. The molecule has 0 aliphatic carbocycles. The van der Waals surface area contributed by atoms with E-state index in [2.05, 4.69) is 15.3 Å². The van der Waals surface area contributed by atoms with E-state index in [0.29, 0.717) is 0 Å². The van der Waals surface area contributed by atoms with Gasteiger partial charge in [-0.2, -0.15) is 0 Å². The van der Waals surface area contributed by atoms with Crippen LogP contribution in [0.25, 0.3) is 23.4 Å². The van der Waals surface area contributed by atoms with Crippen LogP contribution >= 0.6 is 11.3 Å². The van der Waals surface area contributed by atoms with Gasteiger partial charge in [0.15, 0.2) is 0 Å². The molecule has 21 heavy (non-hydrogen) atoms. The van der Waals surface area contributed by atoms with Crippen molar-refractivity contribution in [3.63, 3.8) is 0 Å². The van der Waals surface area contributed by atoms with Gasteiger partial charge in [-0.1, -0.05) is 5.21 Å². The van der Waals surface area contributed by atoms with Gasteiger partial charge in [-0.15, -0.1) is 16.4 Å². The Labute approximate surface area is 125 Å². The average Bonchev–Trinajstić information content (AvgIpc) is 3.04. The fourth-order valence-corrected chi connectivity index (χ4v) is 2.65. The number of aromatic nitrogens is 4. The van der Waals surface area contributed by atoms with E-state index in [1.807, 2.05) is 31.5 Å². The van der Waals surface area contributed by atoms with Gasteiger partial charge in [-0.05, 0) is 43.3 Å². The predicted molar refractivity (Wildman–Crippen MR) is 82.2 cm³/mol. The minimum atomic E-state index is -0.266. The molecular formula is C15H13FN4S. The summed E-state index contributed by atoms with van der Waals surface area (Å²) in [5.74, 6) is -0.266. The molecule has 1 aromatic carbocycles. The minimum Gasteiger partial charge on any atom is -0.248 e. The molecule has 4 nitrogen and oxygen atoms in total. The summed E-state index contributed by atoms with van der Waals surface area (Å²) in [6.07, 6.45) is 3.86. The third-order valence-corrected chi connectivity index (χ3v) is 3.94. The second kappa shape index (κ2) is 5.57. The van der Waals surface area contributed by atoms with E-state index in [1.54, 1.807) is 28.2 Å². The van der Waals surface area contributed by atoms with Crippen LogP contribution in [0, 0.1) is 12.7 Å².